The van der Waals surface area contributed by atoms with E-state index in [-0.39, 0.29) is 5.91 Å². The lowest BCUT2D eigenvalue weighted by Gasteiger charge is -2.08. The third kappa shape index (κ3) is 3.90. The molecule has 4 aromatic rings. The Hall–Kier alpha value is -3.48. The molecule has 1 amide bonds. The van der Waals surface area contributed by atoms with E-state index in [2.05, 4.69) is 30.3 Å². The molecule has 0 saturated carbocycles. The van der Waals surface area contributed by atoms with Gasteiger partial charge in [-0.1, -0.05) is 96.8 Å². The number of hydrogen-bond acceptors (Lipinski definition) is 4. The monoisotopic (exact) mass is 453 g/mol. The highest BCUT2D eigenvalue weighted by atomic mass is 32.2. The lowest BCUT2D eigenvalue weighted by molar-refractivity contribution is -0.121. The molecular weight excluding hydrogens is 434 g/mol. The zero-order valence-corrected chi connectivity index (χ0v) is 18.9. The molecule has 32 heavy (non-hydrogen) atoms. The second kappa shape index (κ2) is 8.57. The number of thiocarbonyl (C=S) groups is 1. The molecule has 6 heteroatoms. The van der Waals surface area contributed by atoms with Crippen molar-refractivity contribution in [2.45, 2.75) is 0 Å². The molecule has 1 aliphatic heterocycles. The van der Waals surface area contributed by atoms with Gasteiger partial charge < -0.3 is 0 Å². The van der Waals surface area contributed by atoms with Gasteiger partial charge in [-0.15, -0.1) is 0 Å². The van der Waals surface area contributed by atoms with Crippen LogP contribution in [0.25, 0.3) is 34.3 Å². The van der Waals surface area contributed by atoms with Crippen LogP contribution in [0.3, 0.4) is 0 Å². The van der Waals surface area contributed by atoms with Gasteiger partial charge in [0.15, 0.2) is 0 Å². The maximum absolute atomic E-state index is 12.3. The van der Waals surface area contributed by atoms with Gasteiger partial charge in [-0.05, 0) is 29.8 Å². The number of carbonyl (C=O) groups excluding carboxylic acids is 1. The van der Waals surface area contributed by atoms with Crippen molar-refractivity contribution in [3.8, 4) is 28.2 Å². The molecule has 0 N–H and O–H groups in total. The SMILES string of the molecule is CN1C(=O)C(=Cc2ccc(-n3nc(-c4ccccc4)cc3-c3ccccc3)cc2)SC1=S. The Morgan fingerprint density at radius 3 is 2.09 bits per heavy atom. The van der Waals surface area contributed by atoms with Crippen molar-refractivity contribution in [2.75, 3.05) is 7.05 Å². The molecule has 2 heterocycles. The summed E-state index contributed by atoms with van der Waals surface area (Å²) in [5.41, 5.74) is 5.99. The highest BCUT2D eigenvalue weighted by molar-refractivity contribution is 8.26. The van der Waals surface area contributed by atoms with Gasteiger partial charge in [-0.2, -0.15) is 5.10 Å². The first-order valence-electron chi connectivity index (χ1n) is 10.1. The molecule has 0 radical (unpaired) electrons. The quantitative estimate of drug-likeness (QED) is 0.279. The number of nitrogens with zero attached hydrogens (tertiary/aromatic N) is 3. The van der Waals surface area contributed by atoms with Crippen LogP contribution in [0.2, 0.25) is 0 Å². The van der Waals surface area contributed by atoms with E-state index in [4.69, 9.17) is 17.3 Å². The molecule has 0 spiro atoms. The Labute approximate surface area is 196 Å². The van der Waals surface area contributed by atoms with Gasteiger partial charge in [-0.3, -0.25) is 9.69 Å². The fraction of sp³-hybridized carbons (Fsp3) is 0.0385. The van der Waals surface area contributed by atoms with Crippen molar-refractivity contribution in [2.24, 2.45) is 0 Å². The standard InChI is InChI=1S/C26H19N3OS2/c1-28-25(30)24(32-26(28)31)16-18-12-14-21(15-13-18)29-23(20-10-6-3-7-11-20)17-22(27-29)19-8-4-2-5-9-19/h2-17H,1H3. The molecule has 1 aromatic heterocycles. The molecule has 1 aliphatic rings. The Balaban J connectivity index is 1.54. The minimum atomic E-state index is -0.0602. The van der Waals surface area contributed by atoms with E-state index in [0.717, 1.165) is 33.8 Å². The van der Waals surface area contributed by atoms with Gasteiger partial charge in [0.25, 0.3) is 5.91 Å². The number of amides is 1. The van der Waals surface area contributed by atoms with Gasteiger partial charge >= 0.3 is 0 Å². The van der Waals surface area contributed by atoms with Crippen LogP contribution in [0.4, 0.5) is 0 Å². The van der Waals surface area contributed by atoms with Crippen LogP contribution in [0.5, 0.6) is 0 Å². The van der Waals surface area contributed by atoms with Crippen LogP contribution in [0.15, 0.2) is 95.9 Å². The predicted octanol–water partition coefficient (Wildman–Crippen LogP) is 6.04. The van der Waals surface area contributed by atoms with Crippen molar-refractivity contribution < 1.29 is 4.79 Å². The summed E-state index contributed by atoms with van der Waals surface area (Å²) in [6.45, 7) is 0. The summed E-state index contributed by atoms with van der Waals surface area (Å²) < 4.78 is 2.54. The molecule has 4 nitrogen and oxygen atoms in total. The minimum Gasteiger partial charge on any atom is -0.296 e. The molecule has 0 bridgehead atoms. The normalized spacial score (nSPS) is 15.0. The van der Waals surface area contributed by atoms with Crippen LogP contribution in [-0.2, 0) is 4.79 Å². The van der Waals surface area contributed by atoms with Crippen molar-refractivity contribution in [1.29, 1.82) is 0 Å². The number of carbonyl (C=O) groups is 1. The van der Waals surface area contributed by atoms with E-state index >= 15 is 0 Å². The molecule has 0 atom stereocenters. The molecule has 156 valence electrons. The summed E-state index contributed by atoms with van der Waals surface area (Å²) in [7, 11) is 1.70. The first-order chi connectivity index (χ1) is 15.6. The fourth-order valence-electron chi connectivity index (χ4n) is 3.55. The van der Waals surface area contributed by atoms with E-state index in [1.54, 1.807) is 7.05 Å². The van der Waals surface area contributed by atoms with Gasteiger partial charge in [0, 0.05) is 18.2 Å². The number of hydrogen-bond donors (Lipinski definition) is 0. The summed E-state index contributed by atoms with van der Waals surface area (Å²) in [4.78, 5) is 14.4. The van der Waals surface area contributed by atoms with Crippen molar-refractivity contribution in [3.05, 3.63) is 101 Å². The van der Waals surface area contributed by atoms with Crippen LogP contribution >= 0.6 is 24.0 Å². The summed E-state index contributed by atoms with van der Waals surface area (Å²) in [6, 6.07) is 30.6. The molecule has 1 saturated heterocycles. The number of rotatable bonds is 4. The molecule has 0 unspecified atom stereocenters. The van der Waals surface area contributed by atoms with Crippen LogP contribution in [0, 0.1) is 0 Å². The molecular formula is C26H19N3OS2. The van der Waals surface area contributed by atoms with Gasteiger partial charge in [-0.25, -0.2) is 4.68 Å². The zero-order valence-electron chi connectivity index (χ0n) is 17.3. The van der Waals surface area contributed by atoms with E-state index in [0.29, 0.717) is 9.23 Å². The Bertz CT molecular complexity index is 1330. The van der Waals surface area contributed by atoms with Gasteiger partial charge in [0.2, 0.25) is 0 Å². The van der Waals surface area contributed by atoms with Crippen LogP contribution in [0.1, 0.15) is 5.56 Å². The first kappa shape index (κ1) is 20.4. The largest absolute Gasteiger partial charge is 0.296 e. The van der Waals surface area contributed by atoms with E-state index < -0.39 is 0 Å². The minimum absolute atomic E-state index is 0.0602. The van der Waals surface area contributed by atoms with Gasteiger partial charge in [0.1, 0.15) is 4.32 Å². The smallest absolute Gasteiger partial charge is 0.265 e. The second-order valence-corrected chi connectivity index (χ2v) is 9.07. The summed E-state index contributed by atoms with van der Waals surface area (Å²) in [5, 5.41) is 4.91. The number of likely N-dealkylation sites (N-methyl/N-ethyl adjacent to an activating group) is 1. The molecule has 5 rings (SSSR count). The van der Waals surface area contributed by atoms with Gasteiger partial charge in [0.05, 0.1) is 22.0 Å². The Kier molecular flexibility index (Phi) is 5.47. The highest BCUT2D eigenvalue weighted by Crippen LogP contribution is 2.32. The van der Waals surface area contributed by atoms with E-state index in [9.17, 15) is 4.79 Å². The average Bonchev–Trinajstić information content (AvgIpc) is 3.39. The highest BCUT2D eigenvalue weighted by Gasteiger charge is 2.28. The van der Waals surface area contributed by atoms with Crippen LogP contribution < -0.4 is 0 Å². The topological polar surface area (TPSA) is 38.1 Å². The second-order valence-electron chi connectivity index (χ2n) is 7.39. The van der Waals surface area contributed by atoms with Crippen molar-refractivity contribution in [3.63, 3.8) is 0 Å². The third-order valence-electron chi connectivity index (χ3n) is 5.27. The fourth-order valence-corrected chi connectivity index (χ4v) is 4.73. The number of aromatic nitrogens is 2. The van der Waals surface area contributed by atoms with E-state index in [1.807, 2.05) is 71.4 Å². The van der Waals surface area contributed by atoms with E-state index in [1.165, 1.54) is 16.7 Å². The first-order valence-corrected chi connectivity index (χ1v) is 11.4. The summed E-state index contributed by atoms with van der Waals surface area (Å²) in [6.07, 6.45) is 1.88. The van der Waals surface area contributed by atoms with Crippen LogP contribution in [-0.4, -0.2) is 32.0 Å². The molecule has 0 aliphatic carbocycles. The number of thioether (sulfide) groups is 1. The maximum atomic E-state index is 12.3. The predicted molar refractivity (Wildman–Crippen MR) is 135 cm³/mol. The van der Waals surface area contributed by atoms with Crippen molar-refractivity contribution in [1.82, 2.24) is 14.7 Å². The summed E-state index contributed by atoms with van der Waals surface area (Å²) >= 11 is 6.55. The molecule has 3 aromatic carbocycles. The lowest BCUT2D eigenvalue weighted by Crippen LogP contribution is -2.22. The Morgan fingerprint density at radius 2 is 1.50 bits per heavy atom. The number of benzene rings is 3. The maximum Gasteiger partial charge on any atom is 0.265 e. The summed E-state index contributed by atoms with van der Waals surface area (Å²) in [5.74, 6) is -0.0602. The average molecular weight is 454 g/mol. The third-order valence-corrected chi connectivity index (χ3v) is 6.76. The molecule has 1 fully saturated rings. The van der Waals surface area contributed by atoms with Crippen molar-refractivity contribution >= 4 is 40.3 Å². The zero-order chi connectivity index (χ0) is 22.1. The Morgan fingerprint density at radius 1 is 0.875 bits per heavy atom. The lowest BCUT2D eigenvalue weighted by atomic mass is 10.1.